The fraction of sp³-hybridized carbons (Fsp3) is 0.0476. The lowest BCUT2D eigenvalue weighted by molar-refractivity contribution is 0.103. The Kier molecular flexibility index (Phi) is 4.48. The molecule has 2 heterocycles. The predicted molar refractivity (Wildman–Crippen MR) is 107 cm³/mol. The quantitative estimate of drug-likeness (QED) is 0.556. The summed E-state index contributed by atoms with van der Waals surface area (Å²) in [5, 5.41) is 5.17. The third kappa shape index (κ3) is 3.47. The van der Waals surface area contributed by atoms with Crippen molar-refractivity contribution in [1.82, 2.24) is 0 Å². The zero-order valence-electron chi connectivity index (χ0n) is 14.4. The average Bonchev–Trinajstić information content (AvgIpc) is 3.23. The normalized spacial score (nSPS) is 10.7. The van der Waals surface area contributed by atoms with E-state index in [0.717, 1.165) is 5.56 Å². The number of fused-ring (bicyclic) bond motifs is 1. The van der Waals surface area contributed by atoms with Gasteiger partial charge in [-0.3, -0.25) is 9.59 Å². The molecule has 4 rings (SSSR count). The fourth-order valence-electron chi connectivity index (χ4n) is 2.72. The molecule has 0 atom stereocenters. The van der Waals surface area contributed by atoms with Crippen molar-refractivity contribution in [3.63, 3.8) is 0 Å². The van der Waals surface area contributed by atoms with Gasteiger partial charge in [0.2, 0.25) is 0 Å². The van der Waals surface area contributed by atoms with Crippen molar-refractivity contribution < 1.29 is 13.9 Å². The van der Waals surface area contributed by atoms with E-state index in [4.69, 9.17) is 9.15 Å². The Hall–Kier alpha value is -3.38. The molecule has 0 saturated carbocycles. The van der Waals surface area contributed by atoms with E-state index >= 15 is 0 Å². The van der Waals surface area contributed by atoms with Crippen LogP contribution in [0.4, 0.5) is 5.69 Å². The van der Waals surface area contributed by atoms with E-state index in [2.05, 4.69) is 5.32 Å². The summed E-state index contributed by atoms with van der Waals surface area (Å²) >= 11 is 1.38. The first kappa shape index (κ1) is 17.1. The number of ether oxygens (including phenoxy) is 1. The molecule has 0 spiro atoms. The van der Waals surface area contributed by atoms with Crippen LogP contribution in [0.15, 0.2) is 75.3 Å². The molecule has 1 N–H and O–H groups in total. The first-order chi connectivity index (χ1) is 13.1. The SMILES string of the molecule is COc1ccc2oc(-c3ccc(NC(=O)c4cccs4)cc3)cc(=O)c2c1. The zero-order valence-corrected chi connectivity index (χ0v) is 15.2. The number of amides is 1. The largest absolute Gasteiger partial charge is 0.497 e. The van der Waals surface area contributed by atoms with Gasteiger partial charge in [-0.1, -0.05) is 6.07 Å². The minimum absolute atomic E-state index is 0.139. The molecule has 0 bridgehead atoms. The second kappa shape index (κ2) is 7.09. The molecule has 5 nitrogen and oxygen atoms in total. The Morgan fingerprint density at radius 1 is 1.07 bits per heavy atom. The summed E-state index contributed by atoms with van der Waals surface area (Å²) in [7, 11) is 1.55. The topological polar surface area (TPSA) is 68.5 Å². The monoisotopic (exact) mass is 377 g/mol. The van der Waals surface area contributed by atoms with Gasteiger partial charge in [-0.15, -0.1) is 11.3 Å². The summed E-state index contributed by atoms with van der Waals surface area (Å²) in [5.74, 6) is 0.922. The molecular formula is C21H15NO4S. The van der Waals surface area contributed by atoms with Crippen molar-refractivity contribution in [2.24, 2.45) is 0 Å². The number of carbonyl (C=O) groups is 1. The third-order valence-electron chi connectivity index (χ3n) is 4.11. The number of methoxy groups -OCH3 is 1. The minimum atomic E-state index is -0.149. The molecule has 1 amide bonds. The van der Waals surface area contributed by atoms with Crippen molar-refractivity contribution in [3.8, 4) is 17.1 Å². The molecule has 0 aliphatic heterocycles. The maximum Gasteiger partial charge on any atom is 0.265 e. The van der Waals surface area contributed by atoms with E-state index in [1.807, 2.05) is 11.4 Å². The first-order valence-electron chi connectivity index (χ1n) is 8.21. The Labute approximate surface area is 158 Å². The Morgan fingerprint density at radius 2 is 1.89 bits per heavy atom. The van der Waals surface area contributed by atoms with E-state index in [0.29, 0.717) is 33.0 Å². The van der Waals surface area contributed by atoms with Crippen molar-refractivity contribution in [1.29, 1.82) is 0 Å². The van der Waals surface area contributed by atoms with Gasteiger partial charge in [0, 0.05) is 17.3 Å². The summed E-state index contributed by atoms with van der Waals surface area (Å²) < 4.78 is 11.0. The van der Waals surface area contributed by atoms with Gasteiger partial charge in [-0.05, 0) is 53.9 Å². The van der Waals surface area contributed by atoms with Gasteiger partial charge >= 0.3 is 0 Å². The lowest BCUT2D eigenvalue weighted by atomic mass is 10.1. The van der Waals surface area contributed by atoms with Gasteiger partial charge in [0.25, 0.3) is 5.91 Å². The second-order valence-electron chi connectivity index (χ2n) is 5.85. The summed E-state index contributed by atoms with van der Waals surface area (Å²) in [4.78, 5) is 25.2. The summed E-state index contributed by atoms with van der Waals surface area (Å²) in [5.41, 5.74) is 1.78. The standard InChI is InChI=1S/C21H15NO4S/c1-25-15-8-9-18-16(11-15)17(23)12-19(26-18)13-4-6-14(7-5-13)22-21(24)20-3-2-10-27-20/h2-12H,1H3,(H,22,24). The highest BCUT2D eigenvalue weighted by molar-refractivity contribution is 7.12. The van der Waals surface area contributed by atoms with E-state index in [1.54, 1.807) is 55.6 Å². The summed E-state index contributed by atoms with van der Waals surface area (Å²) in [6.07, 6.45) is 0. The summed E-state index contributed by atoms with van der Waals surface area (Å²) in [6, 6.07) is 17.3. The number of benzene rings is 2. The molecule has 0 aliphatic carbocycles. The van der Waals surface area contributed by atoms with Crippen LogP contribution in [0, 0.1) is 0 Å². The third-order valence-corrected chi connectivity index (χ3v) is 4.98. The zero-order chi connectivity index (χ0) is 18.8. The number of hydrogen-bond donors (Lipinski definition) is 1. The predicted octanol–water partition coefficient (Wildman–Crippen LogP) is 4.78. The molecule has 2 aromatic heterocycles. The molecule has 2 aromatic carbocycles. The van der Waals surface area contributed by atoms with Crippen molar-refractivity contribution >= 4 is 33.9 Å². The second-order valence-corrected chi connectivity index (χ2v) is 6.79. The van der Waals surface area contributed by atoms with E-state index in [9.17, 15) is 9.59 Å². The maximum absolute atomic E-state index is 12.4. The smallest absolute Gasteiger partial charge is 0.265 e. The Bertz CT molecular complexity index is 1160. The molecule has 0 aliphatic rings. The highest BCUT2D eigenvalue weighted by Crippen LogP contribution is 2.26. The molecule has 0 radical (unpaired) electrons. The lowest BCUT2D eigenvalue weighted by Gasteiger charge is -2.07. The molecule has 27 heavy (non-hydrogen) atoms. The van der Waals surface area contributed by atoms with Crippen LogP contribution in [0.5, 0.6) is 5.75 Å². The van der Waals surface area contributed by atoms with E-state index in [1.165, 1.54) is 17.4 Å². The van der Waals surface area contributed by atoms with Crippen LogP contribution >= 0.6 is 11.3 Å². The van der Waals surface area contributed by atoms with Crippen LogP contribution in [0.3, 0.4) is 0 Å². The van der Waals surface area contributed by atoms with Crippen molar-refractivity contribution in [2.45, 2.75) is 0 Å². The molecule has 4 aromatic rings. The minimum Gasteiger partial charge on any atom is -0.497 e. The molecule has 0 saturated heterocycles. The van der Waals surface area contributed by atoms with Crippen LogP contribution in [0.25, 0.3) is 22.3 Å². The highest BCUT2D eigenvalue weighted by Gasteiger charge is 2.10. The van der Waals surface area contributed by atoms with E-state index in [-0.39, 0.29) is 11.3 Å². The van der Waals surface area contributed by atoms with Gasteiger partial charge in [-0.25, -0.2) is 0 Å². The Morgan fingerprint density at radius 3 is 2.59 bits per heavy atom. The van der Waals surface area contributed by atoms with Crippen molar-refractivity contribution in [3.05, 3.63) is 81.1 Å². The number of carbonyl (C=O) groups excluding carboxylic acids is 1. The number of thiophene rings is 1. The van der Waals surface area contributed by atoms with E-state index < -0.39 is 0 Å². The summed E-state index contributed by atoms with van der Waals surface area (Å²) in [6.45, 7) is 0. The van der Waals surface area contributed by atoms with Crippen LogP contribution in [0.1, 0.15) is 9.67 Å². The maximum atomic E-state index is 12.4. The first-order valence-corrected chi connectivity index (χ1v) is 9.09. The molecule has 6 heteroatoms. The number of nitrogens with one attached hydrogen (secondary N) is 1. The van der Waals surface area contributed by atoms with Crippen LogP contribution < -0.4 is 15.5 Å². The average molecular weight is 377 g/mol. The van der Waals surface area contributed by atoms with Crippen molar-refractivity contribution in [2.75, 3.05) is 12.4 Å². The van der Waals surface area contributed by atoms with Crippen LogP contribution in [0.2, 0.25) is 0 Å². The highest BCUT2D eigenvalue weighted by atomic mass is 32.1. The van der Waals surface area contributed by atoms with Crippen LogP contribution in [-0.2, 0) is 0 Å². The number of rotatable bonds is 4. The van der Waals surface area contributed by atoms with Gasteiger partial charge < -0.3 is 14.5 Å². The molecule has 134 valence electrons. The number of hydrogen-bond acceptors (Lipinski definition) is 5. The molecular weight excluding hydrogens is 362 g/mol. The number of anilines is 1. The Balaban J connectivity index is 1.62. The molecule has 0 unspecified atom stereocenters. The molecule has 0 fully saturated rings. The lowest BCUT2D eigenvalue weighted by Crippen LogP contribution is -2.09. The van der Waals surface area contributed by atoms with Gasteiger partial charge in [0.15, 0.2) is 5.43 Å². The van der Waals surface area contributed by atoms with Gasteiger partial charge in [0.05, 0.1) is 17.4 Å². The van der Waals surface area contributed by atoms with Gasteiger partial charge in [0.1, 0.15) is 17.1 Å². The van der Waals surface area contributed by atoms with Crippen LogP contribution in [-0.4, -0.2) is 13.0 Å². The van der Waals surface area contributed by atoms with Gasteiger partial charge in [-0.2, -0.15) is 0 Å². The fourth-order valence-corrected chi connectivity index (χ4v) is 3.34.